The molecular weight excluding hydrogens is 304 g/mol. The first-order valence-electron chi connectivity index (χ1n) is 8.02. The zero-order valence-corrected chi connectivity index (χ0v) is 13.4. The second kappa shape index (κ2) is 7.12. The predicted molar refractivity (Wildman–Crippen MR) is 91.8 cm³/mol. The number of carbonyl (C=O) groups excluding carboxylic acids is 2. The molecule has 3 N–H and O–H groups in total. The van der Waals surface area contributed by atoms with Crippen LogP contribution in [0, 0.1) is 0 Å². The lowest BCUT2D eigenvalue weighted by molar-refractivity contribution is 0.0950. The van der Waals surface area contributed by atoms with Gasteiger partial charge in [-0.1, -0.05) is 12.1 Å². The highest BCUT2D eigenvalue weighted by Crippen LogP contribution is 2.21. The zero-order chi connectivity index (χ0) is 16.9. The summed E-state index contributed by atoms with van der Waals surface area (Å²) in [6.45, 7) is 2.18. The van der Waals surface area contributed by atoms with Crippen LogP contribution in [0.5, 0.6) is 0 Å². The van der Waals surface area contributed by atoms with Crippen LogP contribution in [0.3, 0.4) is 0 Å². The van der Waals surface area contributed by atoms with Gasteiger partial charge in [-0.3, -0.25) is 9.59 Å². The van der Waals surface area contributed by atoms with E-state index in [-0.39, 0.29) is 5.91 Å². The van der Waals surface area contributed by atoms with Crippen LogP contribution < -0.4 is 16.0 Å². The molecule has 0 bridgehead atoms. The Bertz CT molecular complexity index is 754. The smallest absolute Gasteiger partial charge is 0.255 e. The van der Waals surface area contributed by atoms with Crippen molar-refractivity contribution in [3.05, 3.63) is 59.3 Å². The normalized spacial score (nSPS) is 13.8. The van der Waals surface area contributed by atoms with E-state index in [1.165, 1.54) is 0 Å². The number of pyridine rings is 1. The molecule has 124 valence electrons. The quantitative estimate of drug-likeness (QED) is 0.876. The van der Waals surface area contributed by atoms with E-state index in [4.69, 9.17) is 5.73 Å². The Morgan fingerprint density at radius 2 is 1.96 bits per heavy atom. The number of hydrogen-bond donors (Lipinski definition) is 2. The van der Waals surface area contributed by atoms with Crippen molar-refractivity contribution in [2.24, 2.45) is 5.73 Å². The molecule has 0 radical (unpaired) electrons. The van der Waals surface area contributed by atoms with Crippen molar-refractivity contribution < 1.29 is 9.59 Å². The average molecular weight is 324 g/mol. The van der Waals surface area contributed by atoms with Crippen LogP contribution in [0.1, 0.15) is 39.1 Å². The van der Waals surface area contributed by atoms with E-state index in [9.17, 15) is 9.59 Å². The van der Waals surface area contributed by atoms with Crippen LogP contribution in [-0.4, -0.2) is 29.9 Å². The average Bonchev–Trinajstić information content (AvgIpc) is 3.14. The molecule has 1 saturated heterocycles. The maximum atomic E-state index is 12.5. The molecule has 6 nitrogen and oxygen atoms in total. The van der Waals surface area contributed by atoms with Gasteiger partial charge in [-0.25, -0.2) is 4.98 Å². The maximum absolute atomic E-state index is 12.5. The maximum Gasteiger partial charge on any atom is 0.255 e. The highest BCUT2D eigenvalue weighted by atomic mass is 16.2. The molecule has 0 spiro atoms. The van der Waals surface area contributed by atoms with Gasteiger partial charge in [0.25, 0.3) is 5.91 Å². The highest BCUT2D eigenvalue weighted by molar-refractivity contribution is 5.99. The van der Waals surface area contributed by atoms with Crippen LogP contribution in [0.25, 0.3) is 0 Å². The van der Waals surface area contributed by atoms with Gasteiger partial charge in [-0.05, 0) is 42.7 Å². The van der Waals surface area contributed by atoms with Crippen molar-refractivity contribution in [2.75, 3.05) is 18.0 Å². The Morgan fingerprint density at radius 3 is 2.71 bits per heavy atom. The third kappa shape index (κ3) is 3.53. The lowest BCUT2D eigenvalue weighted by Gasteiger charge is -2.19. The van der Waals surface area contributed by atoms with Gasteiger partial charge in [0, 0.05) is 31.4 Å². The highest BCUT2D eigenvalue weighted by Gasteiger charge is 2.20. The first-order valence-corrected chi connectivity index (χ1v) is 8.02. The summed E-state index contributed by atoms with van der Waals surface area (Å²) in [5, 5.41) is 2.89. The minimum absolute atomic E-state index is 0.172. The fraction of sp³-hybridized carbons (Fsp3) is 0.278. The van der Waals surface area contributed by atoms with Crippen LogP contribution in [0.15, 0.2) is 42.6 Å². The molecule has 1 fully saturated rings. The molecule has 1 aliphatic heterocycles. The second-order valence-corrected chi connectivity index (χ2v) is 5.82. The molecule has 0 saturated carbocycles. The molecule has 2 amide bonds. The summed E-state index contributed by atoms with van der Waals surface area (Å²) in [5.41, 5.74) is 7.11. The van der Waals surface area contributed by atoms with Crippen LogP contribution >= 0.6 is 0 Å². The Morgan fingerprint density at radius 1 is 1.17 bits per heavy atom. The van der Waals surface area contributed by atoms with E-state index in [0.29, 0.717) is 17.7 Å². The Labute approximate surface area is 140 Å². The molecule has 0 unspecified atom stereocenters. The Kier molecular flexibility index (Phi) is 4.74. The lowest BCUT2D eigenvalue weighted by Crippen LogP contribution is -2.28. The number of anilines is 1. The third-order valence-electron chi connectivity index (χ3n) is 4.10. The molecule has 1 aliphatic rings. The number of nitrogens with two attached hydrogens (primary N) is 1. The van der Waals surface area contributed by atoms with Crippen LogP contribution in [0.4, 0.5) is 5.82 Å². The van der Waals surface area contributed by atoms with Gasteiger partial charge in [0.2, 0.25) is 5.91 Å². The van der Waals surface area contributed by atoms with Gasteiger partial charge in [0.1, 0.15) is 5.82 Å². The van der Waals surface area contributed by atoms with E-state index in [2.05, 4.69) is 15.2 Å². The van der Waals surface area contributed by atoms with Crippen LogP contribution in [-0.2, 0) is 6.54 Å². The fourth-order valence-electron chi connectivity index (χ4n) is 2.87. The number of nitrogens with zero attached hydrogens (tertiary/aromatic N) is 2. The van der Waals surface area contributed by atoms with Gasteiger partial charge in [-0.2, -0.15) is 0 Å². The minimum atomic E-state index is -0.480. The van der Waals surface area contributed by atoms with Crippen molar-refractivity contribution in [1.29, 1.82) is 0 Å². The Balaban J connectivity index is 1.71. The van der Waals surface area contributed by atoms with Crippen molar-refractivity contribution in [3.63, 3.8) is 0 Å². The van der Waals surface area contributed by atoms with Crippen molar-refractivity contribution >= 4 is 17.6 Å². The molecular formula is C18H20N4O2. The fourth-order valence-corrected chi connectivity index (χ4v) is 2.87. The van der Waals surface area contributed by atoms with Gasteiger partial charge in [0.05, 0.1) is 5.56 Å². The summed E-state index contributed by atoms with van der Waals surface area (Å²) in [7, 11) is 0. The summed E-state index contributed by atoms with van der Waals surface area (Å²) >= 11 is 0. The van der Waals surface area contributed by atoms with Crippen molar-refractivity contribution in [2.45, 2.75) is 19.4 Å². The summed E-state index contributed by atoms with van der Waals surface area (Å²) in [4.78, 5) is 30.3. The number of nitrogens with one attached hydrogen (secondary N) is 1. The van der Waals surface area contributed by atoms with Crippen molar-refractivity contribution in [1.82, 2.24) is 10.3 Å². The van der Waals surface area contributed by atoms with Crippen molar-refractivity contribution in [3.8, 4) is 0 Å². The molecule has 2 aromatic rings. The summed E-state index contributed by atoms with van der Waals surface area (Å²) in [6.07, 6.45) is 3.95. The number of rotatable bonds is 5. The van der Waals surface area contributed by atoms with Gasteiger partial charge < -0.3 is 16.0 Å². The molecule has 0 aliphatic carbocycles. The van der Waals surface area contributed by atoms with Gasteiger partial charge in [-0.15, -0.1) is 0 Å². The van der Waals surface area contributed by atoms with E-state index in [0.717, 1.165) is 37.3 Å². The van der Waals surface area contributed by atoms with E-state index in [1.54, 1.807) is 36.5 Å². The van der Waals surface area contributed by atoms with Crippen LogP contribution in [0.2, 0.25) is 0 Å². The second-order valence-electron chi connectivity index (χ2n) is 5.82. The molecule has 3 rings (SSSR count). The number of primary amides is 1. The molecule has 6 heteroatoms. The SMILES string of the molecule is NC(=O)c1cccc(CNC(=O)c2cccnc2N2CCCC2)c1. The monoisotopic (exact) mass is 324 g/mol. The molecule has 24 heavy (non-hydrogen) atoms. The largest absolute Gasteiger partial charge is 0.366 e. The number of benzene rings is 1. The first kappa shape index (κ1) is 16.0. The minimum Gasteiger partial charge on any atom is -0.366 e. The molecule has 0 atom stereocenters. The van der Waals surface area contributed by atoms with Gasteiger partial charge in [0.15, 0.2) is 0 Å². The molecule has 1 aromatic heterocycles. The lowest BCUT2D eigenvalue weighted by atomic mass is 10.1. The Hall–Kier alpha value is -2.89. The number of aromatic nitrogens is 1. The number of carbonyl (C=O) groups is 2. The standard InChI is InChI=1S/C18H20N4O2/c19-16(23)14-6-3-5-13(11-14)12-21-18(24)15-7-4-8-20-17(15)22-9-1-2-10-22/h3-8,11H,1-2,9-10,12H2,(H2,19,23)(H,21,24). The first-order chi connectivity index (χ1) is 11.6. The molecule has 2 heterocycles. The zero-order valence-electron chi connectivity index (χ0n) is 13.4. The van der Waals surface area contributed by atoms with E-state index >= 15 is 0 Å². The number of hydrogen-bond acceptors (Lipinski definition) is 4. The van der Waals surface area contributed by atoms with Gasteiger partial charge >= 0.3 is 0 Å². The summed E-state index contributed by atoms with van der Waals surface area (Å²) in [6, 6.07) is 10.5. The molecule has 1 aromatic carbocycles. The van der Waals surface area contributed by atoms with E-state index in [1.807, 2.05) is 6.07 Å². The van der Waals surface area contributed by atoms with E-state index < -0.39 is 5.91 Å². The predicted octanol–water partition coefficient (Wildman–Crippen LogP) is 1.71. The third-order valence-corrected chi connectivity index (χ3v) is 4.10. The summed E-state index contributed by atoms with van der Waals surface area (Å²) < 4.78 is 0. The topological polar surface area (TPSA) is 88.3 Å². The number of amides is 2. The summed E-state index contributed by atoms with van der Waals surface area (Å²) in [5.74, 6) is 0.0830.